The van der Waals surface area contributed by atoms with Gasteiger partial charge in [0.25, 0.3) is 0 Å². The Morgan fingerprint density at radius 3 is 2.76 bits per heavy atom. The summed E-state index contributed by atoms with van der Waals surface area (Å²) in [6.45, 7) is 4.45. The predicted molar refractivity (Wildman–Crippen MR) is 84.5 cm³/mol. The van der Waals surface area contributed by atoms with Crippen molar-refractivity contribution in [3.63, 3.8) is 0 Å². The number of fused-ring (bicyclic) bond motifs is 1. The molecular weight excluding hydrogens is 260 g/mol. The van der Waals surface area contributed by atoms with Gasteiger partial charge in [-0.2, -0.15) is 5.26 Å². The summed E-state index contributed by atoms with van der Waals surface area (Å²) in [6.07, 6.45) is 7.24. The van der Waals surface area contributed by atoms with E-state index in [2.05, 4.69) is 29.0 Å². The lowest BCUT2D eigenvalue weighted by Gasteiger charge is -2.25. The van der Waals surface area contributed by atoms with E-state index in [9.17, 15) is 5.26 Å². The smallest absolute Gasteiger partial charge is 0.146 e. The van der Waals surface area contributed by atoms with Gasteiger partial charge in [0, 0.05) is 25.8 Å². The molecule has 0 atom stereocenters. The average molecular weight is 284 g/mol. The second-order valence-corrected chi connectivity index (χ2v) is 6.25. The highest BCUT2D eigenvalue weighted by Gasteiger charge is 2.18. The molecule has 1 aliphatic heterocycles. The van der Waals surface area contributed by atoms with Crippen molar-refractivity contribution in [2.24, 2.45) is 0 Å². The molecule has 21 heavy (non-hydrogen) atoms. The molecule has 0 amide bonds. The number of aryl methyl sites for hydroxylation is 2. The van der Waals surface area contributed by atoms with Gasteiger partial charge in [0.2, 0.25) is 0 Å². The number of nitriles is 1. The minimum absolute atomic E-state index is 0.736. The van der Waals surface area contributed by atoms with Gasteiger partial charge >= 0.3 is 0 Å². The van der Waals surface area contributed by atoms with Gasteiger partial charge in [-0.05, 0) is 63.2 Å². The highest BCUT2D eigenvalue weighted by Crippen LogP contribution is 2.26. The van der Waals surface area contributed by atoms with Gasteiger partial charge in [-0.1, -0.05) is 0 Å². The van der Waals surface area contributed by atoms with Crippen LogP contribution < -0.4 is 4.90 Å². The standard InChI is InChI=1S/C17H24N4/c1-20(10-11-21-8-4-5-9-21)17-15(13-18)12-14-6-2-3-7-16(14)19-17/h12H,2-11H2,1H3. The maximum atomic E-state index is 9.42. The van der Waals surface area contributed by atoms with Crippen molar-refractivity contribution < 1.29 is 0 Å². The van der Waals surface area contributed by atoms with E-state index in [1.54, 1.807) is 0 Å². The summed E-state index contributed by atoms with van der Waals surface area (Å²) >= 11 is 0. The zero-order chi connectivity index (χ0) is 14.7. The van der Waals surface area contributed by atoms with Gasteiger partial charge in [-0.25, -0.2) is 4.98 Å². The van der Waals surface area contributed by atoms with Crippen LogP contribution in [-0.2, 0) is 12.8 Å². The van der Waals surface area contributed by atoms with E-state index in [-0.39, 0.29) is 0 Å². The Hall–Kier alpha value is -1.60. The lowest BCUT2D eigenvalue weighted by atomic mass is 9.95. The van der Waals surface area contributed by atoms with E-state index in [1.807, 2.05) is 0 Å². The summed E-state index contributed by atoms with van der Waals surface area (Å²) in [6, 6.07) is 4.41. The third-order valence-electron chi connectivity index (χ3n) is 4.71. The first-order chi connectivity index (χ1) is 10.3. The van der Waals surface area contributed by atoms with E-state index in [1.165, 1.54) is 50.0 Å². The fourth-order valence-electron chi connectivity index (χ4n) is 3.40. The van der Waals surface area contributed by atoms with Gasteiger partial charge < -0.3 is 9.80 Å². The fourth-order valence-corrected chi connectivity index (χ4v) is 3.40. The topological polar surface area (TPSA) is 43.2 Å². The molecule has 3 rings (SSSR count). The number of likely N-dealkylation sites (tertiary alicyclic amines) is 1. The molecule has 0 saturated carbocycles. The van der Waals surface area contributed by atoms with Crippen LogP contribution in [0.15, 0.2) is 6.07 Å². The minimum atomic E-state index is 0.736. The molecule has 4 nitrogen and oxygen atoms in total. The summed E-state index contributed by atoms with van der Waals surface area (Å²) in [5.74, 6) is 0.873. The van der Waals surface area contributed by atoms with E-state index in [4.69, 9.17) is 4.98 Å². The molecule has 1 aromatic heterocycles. The van der Waals surface area contributed by atoms with Crippen LogP contribution in [-0.4, -0.2) is 43.1 Å². The zero-order valence-corrected chi connectivity index (χ0v) is 12.9. The summed E-state index contributed by atoms with van der Waals surface area (Å²) < 4.78 is 0. The molecule has 4 heteroatoms. The van der Waals surface area contributed by atoms with Gasteiger partial charge in [-0.3, -0.25) is 0 Å². The van der Waals surface area contributed by atoms with Crippen molar-refractivity contribution in [1.29, 1.82) is 5.26 Å². The van der Waals surface area contributed by atoms with Crippen LogP contribution in [0.25, 0.3) is 0 Å². The highest BCUT2D eigenvalue weighted by molar-refractivity contribution is 5.56. The molecule has 0 aromatic carbocycles. The summed E-state index contributed by atoms with van der Waals surface area (Å²) in [5.41, 5.74) is 3.23. The normalized spacial score (nSPS) is 18.3. The maximum Gasteiger partial charge on any atom is 0.146 e. The van der Waals surface area contributed by atoms with E-state index < -0.39 is 0 Å². The SMILES string of the molecule is CN(CCN1CCCC1)c1nc2c(cc1C#N)CCCC2. The molecule has 1 aliphatic carbocycles. The lowest BCUT2D eigenvalue weighted by molar-refractivity contribution is 0.346. The molecule has 0 bridgehead atoms. The molecule has 0 unspecified atom stereocenters. The average Bonchev–Trinajstić information content (AvgIpc) is 3.04. The van der Waals surface area contributed by atoms with Gasteiger partial charge in [0.15, 0.2) is 0 Å². The van der Waals surface area contributed by atoms with Crippen LogP contribution >= 0.6 is 0 Å². The molecule has 1 aromatic rings. The Morgan fingerprint density at radius 2 is 2.00 bits per heavy atom. The molecule has 0 spiro atoms. The number of nitrogens with zero attached hydrogens (tertiary/aromatic N) is 4. The Morgan fingerprint density at radius 1 is 1.24 bits per heavy atom. The third kappa shape index (κ3) is 3.19. The van der Waals surface area contributed by atoms with E-state index in [0.717, 1.165) is 37.3 Å². The van der Waals surface area contributed by atoms with Gasteiger partial charge in [0.1, 0.15) is 11.9 Å². The second-order valence-electron chi connectivity index (χ2n) is 6.25. The molecule has 1 saturated heterocycles. The van der Waals surface area contributed by atoms with Crippen LogP contribution in [0.5, 0.6) is 0 Å². The monoisotopic (exact) mass is 284 g/mol. The molecule has 0 radical (unpaired) electrons. The molecule has 1 fully saturated rings. The zero-order valence-electron chi connectivity index (χ0n) is 12.9. The fraction of sp³-hybridized carbons (Fsp3) is 0.647. The van der Waals surface area contributed by atoms with Crippen LogP contribution in [0.4, 0.5) is 5.82 Å². The first-order valence-electron chi connectivity index (χ1n) is 8.14. The Kier molecular flexibility index (Phi) is 4.40. The number of aromatic nitrogens is 1. The predicted octanol–water partition coefficient (Wildman–Crippen LogP) is 2.36. The molecule has 112 valence electrons. The largest absolute Gasteiger partial charge is 0.357 e. The number of pyridine rings is 1. The van der Waals surface area contributed by atoms with Gasteiger partial charge in [0.05, 0.1) is 5.56 Å². The number of likely N-dealkylation sites (N-methyl/N-ethyl adjacent to an activating group) is 1. The Bertz CT molecular complexity index is 540. The minimum Gasteiger partial charge on any atom is -0.357 e. The Labute approximate surface area is 127 Å². The molecule has 2 heterocycles. The van der Waals surface area contributed by atoms with Crippen LogP contribution in [0.2, 0.25) is 0 Å². The highest BCUT2D eigenvalue weighted by atomic mass is 15.2. The van der Waals surface area contributed by atoms with Crippen molar-refractivity contribution >= 4 is 5.82 Å². The maximum absolute atomic E-state index is 9.42. The van der Waals surface area contributed by atoms with Gasteiger partial charge in [-0.15, -0.1) is 0 Å². The first kappa shape index (κ1) is 14.3. The van der Waals surface area contributed by atoms with Crippen molar-refractivity contribution in [2.45, 2.75) is 38.5 Å². The number of rotatable bonds is 4. The molecular formula is C17H24N4. The summed E-state index contributed by atoms with van der Waals surface area (Å²) in [4.78, 5) is 9.47. The Balaban J connectivity index is 1.74. The number of hydrogen-bond donors (Lipinski definition) is 0. The van der Waals surface area contributed by atoms with Crippen molar-refractivity contribution in [3.8, 4) is 6.07 Å². The van der Waals surface area contributed by atoms with Crippen molar-refractivity contribution in [2.75, 3.05) is 38.1 Å². The third-order valence-corrected chi connectivity index (χ3v) is 4.71. The second kappa shape index (κ2) is 6.44. The van der Waals surface area contributed by atoms with Crippen molar-refractivity contribution in [1.82, 2.24) is 9.88 Å². The lowest BCUT2D eigenvalue weighted by Crippen LogP contribution is -2.32. The van der Waals surface area contributed by atoms with Crippen LogP contribution in [0.1, 0.15) is 42.5 Å². The van der Waals surface area contributed by atoms with E-state index >= 15 is 0 Å². The summed E-state index contributed by atoms with van der Waals surface area (Å²) in [5, 5.41) is 9.42. The molecule has 0 N–H and O–H groups in total. The van der Waals surface area contributed by atoms with E-state index in [0.29, 0.717) is 0 Å². The van der Waals surface area contributed by atoms with Crippen LogP contribution in [0, 0.1) is 11.3 Å². The quantitative estimate of drug-likeness (QED) is 0.851. The summed E-state index contributed by atoms with van der Waals surface area (Å²) in [7, 11) is 2.06. The molecule has 2 aliphatic rings. The van der Waals surface area contributed by atoms with Crippen molar-refractivity contribution in [3.05, 3.63) is 22.9 Å². The van der Waals surface area contributed by atoms with Crippen LogP contribution in [0.3, 0.4) is 0 Å². The number of hydrogen-bond acceptors (Lipinski definition) is 4. The first-order valence-corrected chi connectivity index (χ1v) is 8.14. The number of anilines is 1.